The third kappa shape index (κ3) is 3.42. The standard InChI is InChI=1S/C8H11N3O2/c1-6(10-11-8(9)12)5-7-3-2-4-13-7/h2-4H,5H2,1H3,(H3,9,11,12)/b10-6-. The lowest BCUT2D eigenvalue weighted by Gasteiger charge is -1.97. The topological polar surface area (TPSA) is 80.6 Å². The Morgan fingerprint density at radius 3 is 3.08 bits per heavy atom. The van der Waals surface area contributed by atoms with Crippen LogP contribution >= 0.6 is 0 Å². The summed E-state index contributed by atoms with van der Waals surface area (Å²) >= 11 is 0. The highest BCUT2D eigenvalue weighted by molar-refractivity contribution is 5.85. The van der Waals surface area contributed by atoms with E-state index in [1.165, 1.54) is 0 Å². The van der Waals surface area contributed by atoms with Crippen molar-refractivity contribution in [2.24, 2.45) is 10.8 Å². The van der Waals surface area contributed by atoms with Crippen LogP contribution in [0.4, 0.5) is 4.79 Å². The van der Waals surface area contributed by atoms with E-state index in [-0.39, 0.29) is 0 Å². The van der Waals surface area contributed by atoms with Gasteiger partial charge in [-0.05, 0) is 19.1 Å². The zero-order valence-corrected chi connectivity index (χ0v) is 7.28. The van der Waals surface area contributed by atoms with Gasteiger partial charge in [-0.1, -0.05) is 0 Å². The molecule has 0 bridgehead atoms. The number of hydrogen-bond acceptors (Lipinski definition) is 3. The summed E-state index contributed by atoms with van der Waals surface area (Å²) in [6, 6.07) is 2.96. The first-order valence-electron chi connectivity index (χ1n) is 3.79. The second kappa shape index (κ2) is 4.30. The average molecular weight is 181 g/mol. The van der Waals surface area contributed by atoms with Crippen molar-refractivity contribution in [2.75, 3.05) is 0 Å². The minimum absolute atomic E-state index is 0.563. The van der Waals surface area contributed by atoms with Gasteiger partial charge in [-0.15, -0.1) is 0 Å². The van der Waals surface area contributed by atoms with E-state index in [4.69, 9.17) is 10.2 Å². The molecule has 0 aliphatic carbocycles. The molecule has 0 atom stereocenters. The molecular weight excluding hydrogens is 170 g/mol. The van der Waals surface area contributed by atoms with Gasteiger partial charge in [-0.25, -0.2) is 10.2 Å². The van der Waals surface area contributed by atoms with Crippen molar-refractivity contribution in [3.8, 4) is 0 Å². The normalized spacial score (nSPS) is 11.3. The van der Waals surface area contributed by atoms with Gasteiger partial charge < -0.3 is 10.2 Å². The smallest absolute Gasteiger partial charge is 0.332 e. The van der Waals surface area contributed by atoms with E-state index in [1.807, 2.05) is 6.07 Å². The van der Waals surface area contributed by atoms with Crippen molar-refractivity contribution in [3.63, 3.8) is 0 Å². The van der Waals surface area contributed by atoms with E-state index in [0.717, 1.165) is 11.5 Å². The Bertz CT molecular complexity index is 303. The van der Waals surface area contributed by atoms with E-state index in [9.17, 15) is 4.79 Å². The Kier molecular flexibility index (Phi) is 3.08. The van der Waals surface area contributed by atoms with Gasteiger partial charge >= 0.3 is 6.03 Å². The molecule has 0 aliphatic rings. The first-order chi connectivity index (χ1) is 6.18. The van der Waals surface area contributed by atoms with Crippen molar-refractivity contribution >= 4 is 11.7 Å². The predicted molar refractivity (Wildman–Crippen MR) is 48.2 cm³/mol. The van der Waals surface area contributed by atoms with Gasteiger partial charge in [0.2, 0.25) is 0 Å². The van der Waals surface area contributed by atoms with Crippen LogP contribution in [0.5, 0.6) is 0 Å². The summed E-state index contributed by atoms with van der Waals surface area (Å²) in [6.45, 7) is 1.78. The lowest BCUT2D eigenvalue weighted by atomic mass is 10.2. The Morgan fingerprint density at radius 1 is 1.77 bits per heavy atom. The van der Waals surface area contributed by atoms with Gasteiger partial charge in [0.15, 0.2) is 0 Å². The van der Waals surface area contributed by atoms with E-state index in [0.29, 0.717) is 6.42 Å². The summed E-state index contributed by atoms with van der Waals surface area (Å²) in [5, 5.41) is 3.73. The highest BCUT2D eigenvalue weighted by Gasteiger charge is 1.98. The molecule has 0 aliphatic heterocycles. The summed E-state index contributed by atoms with van der Waals surface area (Å²) in [4.78, 5) is 10.3. The SMILES string of the molecule is C/C(Cc1ccco1)=N/NC(N)=O. The molecule has 1 rings (SSSR count). The maximum atomic E-state index is 10.3. The van der Waals surface area contributed by atoms with Crippen LogP contribution in [0.1, 0.15) is 12.7 Å². The van der Waals surface area contributed by atoms with Gasteiger partial charge in [-0.2, -0.15) is 5.10 Å². The number of primary amides is 1. The number of carbonyl (C=O) groups excluding carboxylic acids is 1. The molecule has 0 unspecified atom stereocenters. The van der Waals surface area contributed by atoms with Crippen LogP contribution in [0.3, 0.4) is 0 Å². The van der Waals surface area contributed by atoms with Crippen molar-refractivity contribution in [1.82, 2.24) is 5.43 Å². The van der Waals surface area contributed by atoms with E-state index in [2.05, 4.69) is 10.5 Å². The van der Waals surface area contributed by atoms with Gasteiger partial charge in [0.05, 0.1) is 6.26 Å². The molecular formula is C8H11N3O2. The first kappa shape index (κ1) is 9.31. The summed E-state index contributed by atoms with van der Waals surface area (Å²) < 4.78 is 5.09. The molecule has 0 saturated carbocycles. The zero-order chi connectivity index (χ0) is 9.68. The highest BCUT2D eigenvalue weighted by atomic mass is 16.3. The van der Waals surface area contributed by atoms with Gasteiger partial charge in [0.25, 0.3) is 0 Å². The number of nitrogens with zero attached hydrogens (tertiary/aromatic N) is 1. The fraction of sp³-hybridized carbons (Fsp3) is 0.250. The number of rotatable bonds is 3. The predicted octanol–water partition coefficient (Wildman–Crippen LogP) is 0.866. The summed E-state index contributed by atoms with van der Waals surface area (Å²) in [6.07, 6.45) is 2.15. The average Bonchev–Trinajstić information content (AvgIpc) is 2.53. The molecule has 0 saturated heterocycles. The van der Waals surface area contributed by atoms with Crippen LogP contribution < -0.4 is 11.2 Å². The monoisotopic (exact) mass is 181 g/mol. The fourth-order valence-electron chi connectivity index (χ4n) is 0.855. The fourth-order valence-corrected chi connectivity index (χ4v) is 0.855. The first-order valence-corrected chi connectivity index (χ1v) is 3.79. The van der Waals surface area contributed by atoms with E-state index in [1.54, 1.807) is 19.3 Å². The molecule has 1 aromatic rings. The van der Waals surface area contributed by atoms with E-state index >= 15 is 0 Å². The summed E-state index contributed by atoms with van der Waals surface area (Å²) in [5.74, 6) is 0.799. The molecule has 5 heteroatoms. The number of amides is 2. The summed E-state index contributed by atoms with van der Waals surface area (Å²) in [7, 11) is 0. The minimum Gasteiger partial charge on any atom is -0.469 e. The van der Waals surface area contributed by atoms with E-state index < -0.39 is 6.03 Å². The van der Waals surface area contributed by atoms with Crippen LogP contribution in [0.15, 0.2) is 27.9 Å². The summed E-state index contributed by atoms with van der Waals surface area (Å²) in [5.41, 5.74) is 7.71. The number of carbonyl (C=O) groups is 1. The molecule has 0 radical (unpaired) electrons. The third-order valence-electron chi connectivity index (χ3n) is 1.37. The quantitative estimate of drug-likeness (QED) is 0.535. The molecule has 0 fully saturated rings. The number of nitrogens with two attached hydrogens (primary N) is 1. The van der Waals surface area contributed by atoms with Gasteiger partial charge in [0, 0.05) is 12.1 Å². The molecule has 0 spiro atoms. The Labute approximate surface area is 75.6 Å². The van der Waals surface area contributed by atoms with Crippen LogP contribution in [-0.2, 0) is 6.42 Å². The molecule has 70 valence electrons. The van der Waals surface area contributed by atoms with Gasteiger partial charge in [-0.3, -0.25) is 0 Å². The van der Waals surface area contributed by atoms with Crippen LogP contribution in [-0.4, -0.2) is 11.7 Å². The lowest BCUT2D eigenvalue weighted by molar-refractivity contribution is 0.249. The minimum atomic E-state index is -0.668. The zero-order valence-electron chi connectivity index (χ0n) is 7.28. The number of urea groups is 1. The largest absolute Gasteiger partial charge is 0.469 e. The molecule has 5 nitrogen and oxygen atoms in total. The Morgan fingerprint density at radius 2 is 2.54 bits per heavy atom. The highest BCUT2D eigenvalue weighted by Crippen LogP contribution is 2.01. The molecule has 2 amide bonds. The number of furan rings is 1. The third-order valence-corrected chi connectivity index (χ3v) is 1.37. The molecule has 13 heavy (non-hydrogen) atoms. The lowest BCUT2D eigenvalue weighted by Crippen LogP contribution is -2.25. The van der Waals surface area contributed by atoms with Crippen LogP contribution in [0.25, 0.3) is 0 Å². The van der Waals surface area contributed by atoms with Crippen molar-refractivity contribution in [3.05, 3.63) is 24.2 Å². The molecule has 0 aromatic carbocycles. The molecule has 1 heterocycles. The van der Waals surface area contributed by atoms with Crippen molar-refractivity contribution in [1.29, 1.82) is 0 Å². The molecule has 3 N–H and O–H groups in total. The number of hydrogen-bond donors (Lipinski definition) is 2. The number of nitrogens with one attached hydrogen (secondary N) is 1. The number of hydrazone groups is 1. The van der Waals surface area contributed by atoms with Gasteiger partial charge in [0.1, 0.15) is 5.76 Å². The second-order valence-electron chi connectivity index (χ2n) is 2.58. The Hall–Kier alpha value is -1.78. The van der Waals surface area contributed by atoms with Crippen molar-refractivity contribution in [2.45, 2.75) is 13.3 Å². The van der Waals surface area contributed by atoms with Crippen molar-refractivity contribution < 1.29 is 9.21 Å². The van der Waals surface area contributed by atoms with Crippen LogP contribution in [0.2, 0.25) is 0 Å². The molecule has 1 aromatic heterocycles. The second-order valence-corrected chi connectivity index (χ2v) is 2.58. The maximum absolute atomic E-state index is 10.3. The maximum Gasteiger partial charge on any atom is 0.332 e. The Balaban J connectivity index is 2.45. The van der Waals surface area contributed by atoms with Crippen LogP contribution in [0, 0.1) is 0 Å².